The summed E-state index contributed by atoms with van der Waals surface area (Å²) in [6.45, 7) is 0. The van der Waals surface area contributed by atoms with Crippen LogP contribution in [0.2, 0.25) is 0 Å². The fourth-order valence-electron chi connectivity index (χ4n) is 1.47. The fourth-order valence-corrected chi connectivity index (χ4v) is 2.13. The van der Waals surface area contributed by atoms with Gasteiger partial charge in [-0.1, -0.05) is 11.8 Å². The van der Waals surface area contributed by atoms with Crippen LogP contribution in [0.25, 0.3) is 0 Å². The summed E-state index contributed by atoms with van der Waals surface area (Å²) < 4.78 is 53.9. The van der Waals surface area contributed by atoms with Crippen LogP contribution in [-0.2, 0) is 9.53 Å². The van der Waals surface area contributed by atoms with Gasteiger partial charge in [0.1, 0.15) is 11.6 Å². The lowest BCUT2D eigenvalue weighted by Gasteiger charge is -2.03. The number of halogens is 4. The maximum absolute atomic E-state index is 12.7. The van der Waals surface area contributed by atoms with Crippen LogP contribution in [0.1, 0.15) is 6.42 Å². The molecule has 0 atom stereocenters. The first-order valence-corrected chi connectivity index (χ1v) is 6.33. The molecule has 0 saturated carbocycles. The Labute approximate surface area is 116 Å². The summed E-state index contributed by atoms with van der Waals surface area (Å²) >= 11 is 1.12. The zero-order valence-electron chi connectivity index (χ0n) is 9.91. The highest BCUT2D eigenvalue weighted by Crippen LogP contribution is 2.31. The molecule has 0 N–H and O–H groups in total. The van der Waals surface area contributed by atoms with Crippen LogP contribution < -0.4 is 0 Å². The van der Waals surface area contributed by atoms with Gasteiger partial charge >= 0.3 is 12.1 Å². The monoisotopic (exact) mass is 304 g/mol. The average Bonchev–Trinajstić information content (AvgIpc) is 2.67. The van der Waals surface area contributed by atoms with Gasteiger partial charge in [-0.05, 0) is 30.3 Å². The van der Waals surface area contributed by atoms with E-state index in [1.165, 1.54) is 29.7 Å². The second-order valence-corrected chi connectivity index (χ2v) is 4.89. The molecule has 1 aromatic carbocycles. The fraction of sp³-hybridized carbons (Fsp3) is 0.154. The Bertz CT molecular complexity index is 573. The minimum atomic E-state index is -4.45. The molecule has 7 heteroatoms. The Balaban J connectivity index is 2.05. The van der Waals surface area contributed by atoms with Crippen LogP contribution in [0.4, 0.5) is 17.6 Å². The topological polar surface area (TPSA) is 26.3 Å². The molecule has 1 heterocycles. The van der Waals surface area contributed by atoms with Crippen LogP contribution in [0.5, 0.6) is 0 Å². The van der Waals surface area contributed by atoms with Crippen molar-refractivity contribution in [3.05, 3.63) is 52.9 Å². The number of cyclic esters (lactones) is 1. The number of hydrogen-bond acceptors (Lipinski definition) is 3. The van der Waals surface area contributed by atoms with Gasteiger partial charge in [-0.15, -0.1) is 0 Å². The molecule has 0 amide bonds. The molecular weight excluding hydrogens is 296 g/mol. The lowest BCUT2D eigenvalue weighted by molar-refractivity contribution is -0.142. The van der Waals surface area contributed by atoms with Crippen LogP contribution in [0, 0.1) is 5.82 Å². The van der Waals surface area contributed by atoms with Crippen LogP contribution in [0.3, 0.4) is 0 Å². The average molecular weight is 304 g/mol. The maximum atomic E-state index is 12.7. The highest BCUT2D eigenvalue weighted by molar-refractivity contribution is 8.02. The summed E-state index contributed by atoms with van der Waals surface area (Å²) in [5.41, 5.74) is -0.427. The Morgan fingerprint density at radius 3 is 2.45 bits per heavy atom. The third kappa shape index (κ3) is 4.12. The minimum Gasteiger partial charge on any atom is -0.423 e. The van der Waals surface area contributed by atoms with E-state index >= 15 is 0 Å². The van der Waals surface area contributed by atoms with Gasteiger partial charge in [0.15, 0.2) is 0 Å². The number of allylic oxidation sites excluding steroid dienone is 1. The molecule has 0 saturated heterocycles. The lowest BCUT2D eigenvalue weighted by atomic mass is 10.2. The molecule has 2 rings (SSSR count). The van der Waals surface area contributed by atoms with Crippen molar-refractivity contribution in [2.75, 3.05) is 0 Å². The standard InChI is InChI=1S/C13H8F4O2S/c14-9-1-3-11(4-2-9)20-7-10-5-8(12(18)19-10)6-13(15,16)17/h1-5,7H,6H2/b10-7+. The third-order valence-corrected chi connectivity index (χ3v) is 3.20. The summed E-state index contributed by atoms with van der Waals surface area (Å²) in [5.74, 6) is -1.33. The van der Waals surface area contributed by atoms with Gasteiger partial charge in [-0.2, -0.15) is 13.2 Å². The molecule has 0 bridgehead atoms. The number of benzene rings is 1. The predicted molar refractivity (Wildman–Crippen MR) is 65.2 cm³/mol. The van der Waals surface area contributed by atoms with Crippen molar-refractivity contribution in [2.24, 2.45) is 0 Å². The molecule has 1 aromatic rings. The molecule has 20 heavy (non-hydrogen) atoms. The highest BCUT2D eigenvalue weighted by Gasteiger charge is 2.34. The number of ether oxygens (including phenoxy) is 1. The largest absolute Gasteiger partial charge is 0.423 e. The molecule has 0 spiro atoms. The van der Waals surface area contributed by atoms with Gasteiger partial charge in [0.25, 0.3) is 0 Å². The zero-order chi connectivity index (χ0) is 14.8. The van der Waals surface area contributed by atoms with Crippen LogP contribution in [0.15, 0.2) is 52.0 Å². The van der Waals surface area contributed by atoms with E-state index < -0.39 is 24.1 Å². The summed E-state index contributed by atoms with van der Waals surface area (Å²) in [6, 6.07) is 5.53. The van der Waals surface area contributed by atoms with Crippen molar-refractivity contribution in [1.82, 2.24) is 0 Å². The SMILES string of the molecule is O=C1O/C(=C/Sc2ccc(F)cc2)C=C1CC(F)(F)F. The first-order chi connectivity index (χ1) is 9.33. The Hall–Kier alpha value is -1.76. The molecule has 0 fully saturated rings. The molecule has 0 aliphatic carbocycles. The van der Waals surface area contributed by atoms with Gasteiger partial charge in [-0.3, -0.25) is 0 Å². The van der Waals surface area contributed by atoms with Crippen LogP contribution in [-0.4, -0.2) is 12.1 Å². The van der Waals surface area contributed by atoms with E-state index in [0.29, 0.717) is 4.90 Å². The normalized spacial score (nSPS) is 17.3. The van der Waals surface area contributed by atoms with E-state index in [1.54, 1.807) is 0 Å². The number of esters is 1. The zero-order valence-corrected chi connectivity index (χ0v) is 10.7. The van der Waals surface area contributed by atoms with Gasteiger partial charge < -0.3 is 4.74 Å². The van der Waals surface area contributed by atoms with E-state index in [-0.39, 0.29) is 11.6 Å². The molecule has 0 aromatic heterocycles. The number of carbonyl (C=O) groups excluding carboxylic acids is 1. The molecule has 0 radical (unpaired) electrons. The van der Waals surface area contributed by atoms with Crippen LogP contribution >= 0.6 is 11.8 Å². The second kappa shape index (κ2) is 5.70. The Morgan fingerprint density at radius 1 is 1.20 bits per heavy atom. The Morgan fingerprint density at radius 2 is 1.85 bits per heavy atom. The summed E-state index contributed by atoms with van der Waals surface area (Å²) in [5, 5.41) is 1.40. The molecule has 0 unspecified atom stereocenters. The van der Waals surface area contributed by atoms with Gasteiger partial charge in [-0.25, -0.2) is 9.18 Å². The maximum Gasteiger partial charge on any atom is 0.393 e. The number of thioether (sulfide) groups is 1. The highest BCUT2D eigenvalue weighted by atomic mass is 32.2. The first-order valence-electron chi connectivity index (χ1n) is 5.45. The van der Waals surface area contributed by atoms with E-state index in [4.69, 9.17) is 4.74 Å². The van der Waals surface area contributed by atoms with E-state index in [1.807, 2.05) is 0 Å². The predicted octanol–water partition coefficient (Wildman–Crippen LogP) is 4.19. The number of carbonyl (C=O) groups is 1. The molecule has 2 nitrogen and oxygen atoms in total. The lowest BCUT2D eigenvalue weighted by Crippen LogP contribution is -2.12. The van der Waals surface area contributed by atoms with E-state index in [2.05, 4.69) is 0 Å². The smallest absolute Gasteiger partial charge is 0.393 e. The number of hydrogen-bond donors (Lipinski definition) is 0. The molecule has 1 aliphatic heterocycles. The van der Waals surface area contributed by atoms with Crippen molar-refractivity contribution < 1.29 is 27.1 Å². The minimum absolute atomic E-state index is 0.0450. The van der Waals surface area contributed by atoms with Gasteiger partial charge in [0.2, 0.25) is 0 Å². The third-order valence-electron chi connectivity index (χ3n) is 2.30. The van der Waals surface area contributed by atoms with E-state index in [9.17, 15) is 22.4 Å². The molecule has 1 aliphatic rings. The Kier molecular flexibility index (Phi) is 4.17. The summed E-state index contributed by atoms with van der Waals surface area (Å²) in [6.07, 6.45) is -4.71. The van der Waals surface area contributed by atoms with E-state index in [0.717, 1.165) is 17.8 Å². The van der Waals surface area contributed by atoms with Crippen molar-refractivity contribution in [2.45, 2.75) is 17.5 Å². The number of rotatable bonds is 3. The number of alkyl halides is 3. The summed E-state index contributed by atoms with van der Waals surface area (Å²) in [7, 11) is 0. The van der Waals surface area contributed by atoms with Gasteiger partial charge in [0, 0.05) is 10.3 Å². The van der Waals surface area contributed by atoms with Crippen molar-refractivity contribution in [1.29, 1.82) is 0 Å². The second-order valence-electron chi connectivity index (χ2n) is 3.94. The first kappa shape index (κ1) is 14.6. The van der Waals surface area contributed by atoms with Crippen molar-refractivity contribution in [3.8, 4) is 0 Å². The molecular formula is C13H8F4O2S. The van der Waals surface area contributed by atoms with Crippen molar-refractivity contribution >= 4 is 17.7 Å². The van der Waals surface area contributed by atoms with Crippen molar-refractivity contribution in [3.63, 3.8) is 0 Å². The van der Waals surface area contributed by atoms with Gasteiger partial charge in [0.05, 0.1) is 12.0 Å². The quantitative estimate of drug-likeness (QED) is 0.476. The summed E-state index contributed by atoms with van der Waals surface area (Å²) in [4.78, 5) is 11.9. The molecule has 106 valence electrons.